The summed E-state index contributed by atoms with van der Waals surface area (Å²) in [6, 6.07) is 3.26. The van der Waals surface area contributed by atoms with Crippen LogP contribution >= 0.6 is 27.7 Å². The van der Waals surface area contributed by atoms with Crippen molar-refractivity contribution in [3.8, 4) is 11.5 Å². The Labute approximate surface area is 123 Å². The van der Waals surface area contributed by atoms with Crippen LogP contribution in [-0.4, -0.2) is 37.1 Å². The first-order valence-electron chi connectivity index (χ1n) is 5.58. The second-order valence-electron chi connectivity index (χ2n) is 4.01. The van der Waals surface area contributed by atoms with E-state index in [4.69, 9.17) is 14.6 Å². The van der Waals surface area contributed by atoms with Gasteiger partial charge in [0.15, 0.2) is 11.5 Å². The zero-order valence-electron chi connectivity index (χ0n) is 10.5. The van der Waals surface area contributed by atoms with E-state index in [1.807, 2.05) is 12.1 Å². The molecule has 1 heterocycles. The Morgan fingerprint density at radius 1 is 1.47 bits per heavy atom. The average molecular weight is 348 g/mol. The second kappa shape index (κ2) is 6.02. The predicted molar refractivity (Wildman–Crippen MR) is 77.0 cm³/mol. The molecule has 2 rings (SSSR count). The molecule has 0 unspecified atom stereocenters. The van der Waals surface area contributed by atoms with Crippen LogP contribution in [0.15, 0.2) is 16.6 Å². The van der Waals surface area contributed by atoms with Gasteiger partial charge in [-0.25, -0.2) is 0 Å². The number of nitrogens with one attached hydrogen (secondary N) is 1. The molecule has 0 amide bonds. The molecule has 1 aliphatic heterocycles. The number of ether oxygens (including phenoxy) is 2. The monoisotopic (exact) mass is 347 g/mol. The van der Waals surface area contributed by atoms with Crippen LogP contribution in [0.2, 0.25) is 0 Å². The molecule has 0 radical (unpaired) electrons. The fourth-order valence-electron chi connectivity index (χ4n) is 1.90. The lowest BCUT2D eigenvalue weighted by atomic mass is 10.2. The Morgan fingerprint density at radius 2 is 2.21 bits per heavy atom. The SMILES string of the molecule is COc1cc([C@@H]2N[C@H](C(=O)O)CS2)cc(Br)c1OC. The molecule has 1 aliphatic rings. The van der Waals surface area contributed by atoms with Gasteiger partial charge in [0.2, 0.25) is 0 Å². The first-order chi connectivity index (χ1) is 9.06. The summed E-state index contributed by atoms with van der Waals surface area (Å²) < 4.78 is 11.3. The highest BCUT2D eigenvalue weighted by Crippen LogP contribution is 2.41. The number of benzene rings is 1. The number of carboxylic acid groups (broad SMARTS) is 1. The molecule has 0 bridgehead atoms. The second-order valence-corrected chi connectivity index (χ2v) is 6.00. The molecule has 2 atom stereocenters. The van der Waals surface area contributed by atoms with Crippen molar-refractivity contribution in [1.82, 2.24) is 5.32 Å². The van der Waals surface area contributed by atoms with Gasteiger partial charge in [-0.15, -0.1) is 11.8 Å². The zero-order chi connectivity index (χ0) is 14.0. The minimum Gasteiger partial charge on any atom is -0.493 e. The lowest BCUT2D eigenvalue weighted by molar-refractivity contribution is -0.138. The van der Waals surface area contributed by atoms with Crippen LogP contribution in [0, 0.1) is 0 Å². The maximum absolute atomic E-state index is 10.9. The van der Waals surface area contributed by atoms with E-state index in [0.717, 1.165) is 10.0 Å². The molecule has 0 saturated carbocycles. The molecule has 1 aromatic rings. The Kier molecular flexibility index (Phi) is 4.59. The summed E-state index contributed by atoms with van der Waals surface area (Å²) in [7, 11) is 3.15. The number of halogens is 1. The highest BCUT2D eigenvalue weighted by Gasteiger charge is 2.31. The number of carboxylic acids is 1. The van der Waals surface area contributed by atoms with Gasteiger partial charge < -0.3 is 14.6 Å². The van der Waals surface area contributed by atoms with Crippen molar-refractivity contribution in [2.75, 3.05) is 20.0 Å². The van der Waals surface area contributed by atoms with Crippen molar-refractivity contribution >= 4 is 33.7 Å². The third-order valence-electron chi connectivity index (χ3n) is 2.84. The first kappa shape index (κ1) is 14.5. The van der Waals surface area contributed by atoms with Crippen LogP contribution in [0.3, 0.4) is 0 Å². The van der Waals surface area contributed by atoms with E-state index in [2.05, 4.69) is 21.2 Å². The Balaban J connectivity index is 2.27. The Hall–Kier alpha value is -0.920. The van der Waals surface area contributed by atoms with Crippen molar-refractivity contribution in [2.24, 2.45) is 0 Å². The Morgan fingerprint density at radius 3 is 2.74 bits per heavy atom. The fraction of sp³-hybridized carbons (Fsp3) is 0.417. The molecule has 5 nitrogen and oxygen atoms in total. The van der Waals surface area contributed by atoms with Gasteiger partial charge in [-0.3, -0.25) is 10.1 Å². The van der Waals surface area contributed by atoms with Gasteiger partial charge in [0.25, 0.3) is 0 Å². The van der Waals surface area contributed by atoms with E-state index in [9.17, 15) is 4.79 Å². The summed E-state index contributed by atoms with van der Waals surface area (Å²) in [6.07, 6.45) is 0. The quantitative estimate of drug-likeness (QED) is 0.870. The third-order valence-corrected chi connectivity index (χ3v) is 4.70. The number of methoxy groups -OCH3 is 2. The van der Waals surface area contributed by atoms with Crippen molar-refractivity contribution in [1.29, 1.82) is 0 Å². The van der Waals surface area contributed by atoms with Crippen LogP contribution in [-0.2, 0) is 4.79 Å². The topological polar surface area (TPSA) is 67.8 Å². The molecule has 7 heteroatoms. The maximum atomic E-state index is 10.9. The minimum atomic E-state index is -0.824. The van der Waals surface area contributed by atoms with Crippen molar-refractivity contribution in [3.05, 3.63) is 22.2 Å². The van der Waals surface area contributed by atoms with E-state index in [-0.39, 0.29) is 5.37 Å². The van der Waals surface area contributed by atoms with Gasteiger partial charge in [0, 0.05) is 5.75 Å². The number of hydrogen-bond donors (Lipinski definition) is 2. The van der Waals surface area contributed by atoms with Crippen LogP contribution in [0.4, 0.5) is 0 Å². The molecule has 1 saturated heterocycles. The highest BCUT2D eigenvalue weighted by atomic mass is 79.9. The number of rotatable bonds is 4. The van der Waals surface area contributed by atoms with Crippen LogP contribution in [0.1, 0.15) is 10.9 Å². The van der Waals surface area contributed by atoms with Crippen LogP contribution in [0.5, 0.6) is 11.5 Å². The summed E-state index contributed by atoms with van der Waals surface area (Å²) in [5.41, 5.74) is 0.957. The van der Waals surface area contributed by atoms with E-state index in [1.54, 1.807) is 26.0 Å². The smallest absolute Gasteiger partial charge is 0.321 e. The first-order valence-corrected chi connectivity index (χ1v) is 7.43. The average Bonchev–Trinajstić information content (AvgIpc) is 2.87. The summed E-state index contributed by atoms with van der Waals surface area (Å²) in [6.45, 7) is 0. The molecular weight excluding hydrogens is 334 g/mol. The normalized spacial score (nSPS) is 22.3. The van der Waals surface area contributed by atoms with E-state index in [0.29, 0.717) is 17.3 Å². The number of aliphatic carboxylic acids is 1. The highest BCUT2D eigenvalue weighted by molar-refractivity contribution is 9.10. The van der Waals surface area contributed by atoms with E-state index >= 15 is 0 Å². The number of hydrogen-bond acceptors (Lipinski definition) is 5. The minimum absolute atomic E-state index is 0.0581. The van der Waals surface area contributed by atoms with Gasteiger partial charge in [0.1, 0.15) is 6.04 Å². The largest absolute Gasteiger partial charge is 0.493 e. The lowest BCUT2D eigenvalue weighted by Gasteiger charge is -2.16. The lowest BCUT2D eigenvalue weighted by Crippen LogP contribution is -2.33. The Bertz CT molecular complexity index is 497. The standard InChI is InChI=1S/C12H14BrNO4S/c1-17-9-4-6(3-7(13)10(9)18-2)11-14-8(5-19-11)12(15)16/h3-4,8,11,14H,5H2,1-2H3,(H,15,16)/t8-,11+/m0/s1. The molecule has 0 aromatic heterocycles. The van der Waals surface area contributed by atoms with Crippen molar-refractivity contribution in [3.63, 3.8) is 0 Å². The summed E-state index contributed by atoms with van der Waals surface area (Å²) >= 11 is 5.00. The van der Waals surface area contributed by atoms with Gasteiger partial charge in [-0.1, -0.05) is 0 Å². The van der Waals surface area contributed by atoms with Crippen LogP contribution in [0.25, 0.3) is 0 Å². The molecular formula is C12H14BrNO4S. The fourth-order valence-corrected chi connectivity index (χ4v) is 3.73. The van der Waals surface area contributed by atoms with E-state index < -0.39 is 12.0 Å². The molecule has 0 aliphatic carbocycles. The molecule has 0 spiro atoms. The van der Waals surface area contributed by atoms with Gasteiger partial charge in [-0.05, 0) is 33.6 Å². The summed E-state index contributed by atoms with van der Waals surface area (Å²) in [4.78, 5) is 10.9. The van der Waals surface area contributed by atoms with Gasteiger partial charge in [0.05, 0.1) is 24.1 Å². The summed E-state index contributed by atoms with van der Waals surface area (Å²) in [5, 5.41) is 12.0. The molecule has 2 N–H and O–H groups in total. The number of carbonyl (C=O) groups is 1. The molecule has 1 fully saturated rings. The third kappa shape index (κ3) is 2.98. The van der Waals surface area contributed by atoms with Crippen molar-refractivity contribution < 1.29 is 19.4 Å². The van der Waals surface area contributed by atoms with Crippen LogP contribution < -0.4 is 14.8 Å². The molecule has 19 heavy (non-hydrogen) atoms. The molecule has 104 valence electrons. The zero-order valence-corrected chi connectivity index (χ0v) is 12.9. The van der Waals surface area contributed by atoms with E-state index in [1.165, 1.54) is 0 Å². The summed E-state index contributed by atoms with van der Waals surface area (Å²) in [5.74, 6) is 0.970. The number of thioether (sulfide) groups is 1. The maximum Gasteiger partial charge on any atom is 0.321 e. The van der Waals surface area contributed by atoms with Crippen molar-refractivity contribution in [2.45, 2.75) is 11.4 Å². The predicted octanol–water partition coefficient (Wildman–Crippen LogP) is 2.25. The van der Waals surface area contributed by atoms with Gasteiger partial charge >= 0.3 is 5.97 Å². The van der Waals surface area contributed by atoms with Gasteiger partial charge in [-0.2, -0.15) is 0 Å². The molecule has 1 aromatic carbocycles.